The van der Waals surface area contributed by atoms with Crippen LogP contribution < -0.4 is 43.1 Å². The molecule has 8 heterocycles. The first-order chi connectivity index (χ1) is 31.4. The van der Waals surface area contributed by atoms with Crippen LogP contribution in [0.1, 0.15) is 41.5 Å². The Bertz CT molecular complexity index is 3840. The molecule has 0 atom stereocenters. The summed E-state index contributed by atoms with van der Waals surface area (Å²) < 4.78 is 76.2. The van der Waals surface area contributed by atoms with E-state index in [0.717, 1.165) is 0 Å². The molecule has 0 unspecified atom stereocenters. The summed E-state index contributed by atoms with van der Waals surface area (Å²) in [6.07, 6.45) is 0. The third kappa shape index (κ3) is 6.68. The van der Waals surface area contributed by atoms with E-state index in [2.05, 4.69) is 0 Å². The molecule has 20 heteroatoms. The normalized spacial score (nSPS) is 16.2. The molecule has 328 valence electrons. The fraction of sp³-hybridized carbons (Fsp3) is 0.191. The third-order valence-corrected chi connectivity index (χ3v) is 12.2. The molecule has 18 nitrogen and oxygen atoms in total. The molecule has 5 aliphatic heterocycles. The van der Waals surface area contributed by atoms with Crippen LogP contribution in [-0.4, -0.2) is 60.2 Å². The van der Waals surface area contributed by atoms with Crippen LogP contribution in [-0.2, 0) is 29.6 Å². The first kappa shape index (κ1) is 41.1. The van der Waals surface area contributed by atoms with Crippen molar-refractivity contribution in [1.29, 1.82) is 0 Å². The van der Waals surface area contributed by atoms with E-state index in [1.807, 2.05) is 77.9 Å². The quantitative estimate of drug-likeness (QED) is 0.129. The van der Waals surface area contributed by atoms with Crippen LogP contribution in [0, 0.1) is 0 Å². The average molecular weight is 966 g/mol. The molecule has 5 aliphatic rings. The summed E-state index contributed by atoms with van der Waals surface area (Å²) in [5, 5.41) is 2.46. The molecule has 0 saturated heterocycles. The largest absolute Gasteiger partial charge is 2.00 e. The van der Waals surface area contributed by atoms with Crippen LogP contribution in [0.25, 0.3) is 89.7 Å². The van der Waals surface area contributed by atoms with Gasteiger partial charge in [-0.05, 0) is 100 Å². The Labute approximate surface area is 392 Å². The van der Waals surface area contributed by atoms with Crippen LogP contribution in [0.15, 0.2) is 83.8 Å². The van der Waals surface area contributed by atoms with Gasteiger partial charge in [0.25, 0.3) is 10.1 Å². The van der Waals surface area contributed by atoms with Crippen molar-refractivity contribution >= 4 is 54.3 Å². The van der Waals surface area contributed by atoms with E-state index in [-0.39, 0.29) is 35.8 Å². The first-order valence-corrected chi connectivity index (χ1v) is 22.1. The Kier molecular flexibility index (Phi) is 8.33. The summed E-state index contributed by atoms with van der Waals surface area (Å²) in [5.41, 5.74) is 3.60. The standard InChI is InChI=1S/C47H32N8O10S.Zn/c1-45(2)60-31-14-25-26(15-32(31)61-45)41-51-39(25)49-37-23-12-9-21(59-20-7-10-22(11-8-20)66(56,57)58)13-24(23)38(48-37)50-40-27-16-33-34(63-46(3,4)62-33)17-28(27)42(52-40)54-44-30-19-36-35(64-47(5,6)65-36)18-29(30)43(53-41)55-44;/h7-19H,1-6H3,(H-2,48,49,50,51,52,53,54,55,56,57,58);/q-2;+2. The van der Waals surface area contributed by atoms with Crippen LogP contribution in [0.4, 0.5) is 0 Å². The molecule has 0 spiro atoms. The summed E-state index contributed by atoms with van der Waals surface area (Å²) in [6, 6.07) is 21.7. The molecule has 8 aromatic rings. The molecule has 3 aromatic heterocycles. The number of rotatable bonds is 3. The maximum atomic E-state index is 11.7. The minimum Gasteiger partial charge on any atom is -0.457 e. The number of nitrogens with zero attached hydrogens (tertiary/aromatic N) is 8. The smallest absolute Gasteiger partial charge is 0.457 e. The maximum Gasteiger partial charge on any atom is 2.00 e. The van der Waals surface area contributed by atoms with Gasteiger partial charge in [0.05, 0.1) is 28.2 Å². The number of ether oxygens (including phenoxy) is 7. The van der Waals surface area contributed by atoms with E-state index < -0.39 is 27.5 Å². The van der Waals surface area contributed by atoms with Gasteiger partial charge in [-0.2, -0.15) is 8.42 Å². The Balaban J connectivity index is 0.00000468. The zero-order valence-electron chi connectivity index (χ0n) is 36.3. The van der Waals surface area contributed by atoms with Gasteiger partial charge < -0.3 is 63.1 Å². The van der Waals surface area contributed by atoms with Crippen LogP contribution in [0.5, 0.6) is 46.0 Å². The molecule has 67 heavy (non-hydrogen) atoms. The van der Waals surface area contributed by atoms with E-state index >= 15 is 0 Å². The third-order valence-electron chi connectivity index (χ3n) is 11.4. The van der Waals surface area contributed by atoms with E-state index in [1.54, 1.807) is 18.2 Å². The molecule has 0 amide bonds. The van der Waals surface area contributed by atoms with Crippen molar-refractivity contribution in [2.24, 2.45) is 0 Å². The van der Waals surface area contributed by atoms with Crippen molar-refractivity contribution in [1.82, 2.24) is 39.9 Å². The van der Waals surface area contributed by atoms with Gasteiger partial charge in [0, 0.05) is 86.4 Å². The van der Waals surface area contributed by atoms with Gasteiger partial charge in [0.2, 0.25) is 17.4 Å². The van der Waals surface area contributed by atoms with Crippen molar-refractivity contribution in [3.8, 4) is 91.5 Å². The molecule has 0 fully saturated rings. The van der Waals surface area contributed by atoms with Crippen molar-refractivity contribution < 1.29 is 65.6 Å². The number of hydrogen-bond acceptors (Lipinski definition) is 15. The molecule has 13 rings (SSSR count). The minimum absolute atomic E-state index is 0. The van der Waals surface area contributed by atoms with Gasteiger partial charge in [-0.15, -0.1) is 0 Å². The van der Waals surface area contributed by atoms with Crippen LogP contribution >= 0.6 is 0 Å². The second kappa shape index (κ2) is 13.6. The number of aromatic nitrogens is 8. The van der Waals surface area contributed by atoms with Crippen molar-refractivity contribution in [3.05, 3.63) is 78.9 Å². The molecular weight excluding hydrogens is 934 g/mol. The van der Waals surface area contributed by atoms with Gasteiger partial charge >= 0.3 is 19.5 Å². The Morgan fingerprint density at radius 3 is 1.15 bits per heavy atom. The van der Waals surface area contributed by atoms with Crippen molar-refractivity contribution in [3.63, 3.8) is 0 Å². The fourth-order valence-electron chi connectivity index (χ4n) is 8.67. The van der Waals surface area contributed by atoms with Gasteiger partial charge in [-0.3, -0.25) is 4.55 Å². The van der Waals surface area contributed by atoms with Gasteiger partial charge in [-0.1, -0.05) is 0 Å². The van der Waals surface area contributed by atoms with Gasteiger partial charge in [0.15, 0.2) is 34.5 Å². The minimum atomic E-state index is -4.40. The van der Waals surface area contributed by atoms with E-state index in [4.69, 9.17) is 73.0 Å². The van der Waals surface area contributed by atoms with Gasteiger partial charge in [0.1, 0.15) is 11.5 Å². The summed E-state index contributed by atoms with van der Waals surface area (Å²) in [7, 11) is -4.40. The van der Waals surface area contributed by atoms with E-state index in [9.17, 15) is 13.0 Å². The average Bonchev–Trinajstić information content (AvgIpc) is 4.09. The maximum absolute atomic E-state index is 11.7. The first-order valence-electron chi connectivity index (χ1n) is 20.7. The molecular formula is C47H32N8O10SZn. The van der Waals surface area contributed by atoms with E-state index in [0.29, 0.717) is 124 Å². The molecule has 8 bridgehead atoms. The number of hydrogen-bond donors (Lipinski definition) is 1. The number of benzene rings is 5. The predicted molar refractivity (Wildman–Crippen MR) is 236 cm³/mol. The fourth-order valence-corrected chi connectivity index (χ4v) is 9.15. The molecule has 0 saturated carbocycles. The summed E-state index contributed by atoms with van der Waals surface area (Å²) in [4.78, 5) is 40.2. The van der Waals surface area contributed by atoms with Gasteiger partial charge in [-0.25, -0.2) is 9.97 Å². The Morgan fingerprint density at radius 2 is 0.776 bits per heavy atom. The number of fused-ring (bicyclic) bond motifs is 23. The Hall–Kier alpha value is -7.41. The van der Waals surface area contributed by atoms with Crippen molar-refractivity contribution in [2.45, 2.75) is 63.8 Å². The molecule has 0 radical (unpaired) electrons. The summed E-state index contributed by atoms with van der Waals surface area (Å²) >= 11 is 0. The molecule has 0 aliphatic carbocycles. The summed E-state index contributed by atoms with van der Waals surface area (Å²) in [5.74, 6) is 2.19. The second-order valence-electron chi connectivity index (χ2n) is 17.6. The topological polar surface area (TPSA) is 225 Å². The monoisotopic (exact) mass is 964 g/mol. The van der Waals surface area contributed by atoms with Crippen LogP contribution in [0.2, 0.25) is 0 Å². The second-order valence-corrected chi connectivity index (χ2v) is 19.0. The molecule has 1 N–H and O–H groups in total. The zero-order chi connectivity index (χ0) is 45.2. The summed E-state index contributed by atoms with van der Waals surface area (Å²) in [6.45, 7) is 11.0. The SMILES string of the molecule is CC1(C)Oc2cc3c(cc2O1)-c1nc-3nc2[n-]c(nc3nc(nc4[n-]c(n1)c1cc5c(cc41)OC(C)(C)O5)-c1cc(Oc4ccc(S(=O)(=O)O)cc4)ccc1-3)c1cc3c(cc21)OC(C)(C)O3.[Zn+2]. The zero-order valence-corrected chi connectivity index (χ0v) is 40.1. The van der Waals surface area contributed by atoms with Crippen molar-refractivity contribution in [2.75, 3.05) is 0 Å². The predicted octanol–water partition coefficient (Wildman–Crippen LogP) is 8.69. The Morgan fingerprint density at radius 1 is 0.448 bits per heavy atom. The molecule has 5 aromatic carbocycles. The van der Waals surface area contributed by atoms with Crippen LogP contribution in [0.3, 0.4) is 0 Å². The van der Waals surface area contributed by atoms with E-state index in [1.165, 1.54) is 24.3 Å².